The average Bonchev–Trinajstić information content (AvgIpc) is 3.27. The first-order chi connectivity index (χ1) is 17.2. The monoisotopic (exact) mass is 535 g/mol. The van der Waals surface area contributed by atoms with Crippen molar-refractivity contribution in [3.05, 3.63) is 35.2 Å². The van der Waals surface area contributed by atoms with E-state index >= 15 is 0 Å². The van der Waals surface area contributed by atoms with E-state index in [9.17, 15) is 19.5 Å². The number of pyridine rings is 1. The minimum atomic E-state index is -1.83. The van der Waals surface area contributed by atoms with Gasteiger partial charge in [-0.05, 0) is 28.1 Å². The number of nitrogens with two attached hydrogens (primary N) is 1. The van der Waals surface area contributed by atoms with E-state index in [1.807, 2.05) is 0 Å². The molecular formula is C19H21N9O6S2. The Morgan fingerprint density at radius 2 is 2.19 bits per heavy atom. The molecule has 1 unspecified atom stereocenters. The lowest BCUT2D eigenvalue weighted by molar-refractivity contribution is -0.191. The summed E-state index contributed by atoms with van der Waals surface area (Å²) in [6.07, 6.45) is 0. The van der Waals surface area contributed by atoms with Gasteiger partial charge in [0.2, 0.25) is 5.16 Å². The zero-order valence-electron chi connectivity index (χ0n) is 19.2. The number of thioether (sulfide) groups is 2. The molecule has 1 fully saturated rings. The molecule has 4 rings (SSSR count). The van der Waals surface area contributed by atoms with Crippen molar-refractivity contribution in [3.63, 3.8) is 0 Å². The number of rotatable bonds is 9. The molecule has 0 bridgehead atoms. The lowest BCUT2D eigenvalue weighted by Crippen LogP contribution is -2.81. The Labute approximate surface area is 212 Å². The van der Waals surface area contributed by atoms with Crippen LogP contribution in [0.3, 0.4) is 0 Å². The van der Waals surface area contributed by atoms with Crippen molar-refractivity contribution in [2.24, 2.45) is 12.2 Å². The highest BCUT2D eigenvalue weighted by Gasteiger charge is 2.66. The van der Waals surface area contributed by atoms with Crippen molar-refractivity contribution in [1.29, 1.82) is 0 Å². The molecule has 0 radical (unpaired) electrons. The van der Waals surface area contributed by atoms with Crippen LogP contribution < -0.4 is 11.1 Å². The van der Waals surface area contributed by atoms with E-state index in [4.69, 9.17) is 15.3 Å². The summed E-state index contributed by atoms with van der Waals surface area (Å²) >= 11 is 2.49. The summed E-state index contributed by atoms with van der Waals surface area (Å²) < 4.78 is 6.93. The first-order valence-electron chi connectivity index (χ1n) is 10.2. The van der Waals surface area contributed by atoms with Gasteiger partial charge in [-0.25, -0.2) is 14.5 Å². The largest absolute Gasteiger partial charge is 0.477 e. The maximum absolute atomic E-state index is 13.3. The molecule has 190 valence electrons. The van der Waals surface area contributed by atoms with Crippen LogP contribution in [0.4, 0.5) is 5.82 Å². The second-order valence-electron chi connectivity index (χ2n) is 7.43. The van der Waals surface area contributed by atoms with Gasteiger partial charge in [0.1, 0.15) is 29.7 Å². The van der Waals surface area contributed by atoms with Crippen LogP contribution in [0.2, 0.25) is 0 Å². The van der Waals surface area contributed by atoms with Gasteiger partial charge in [-0.2, -0.15) is 0 Å². The summed E-state index contributed by atoms with van der Waals surface area (Å²) in [7, 11) is 4.16. The van der Waals surface area contributed by atoms with Gasteiger partial charge < -0.3 is 25.7 Å². The molecule has 1 saturated heterocycles. The van der Waals surface area contributed by atoms with Gasteiger partial charge >= 0.3 is 5.97 Å². The predicted molar refractivity (Wildman–Crippen MR) is 127 cm³/mol. The highest BCUT2D eigenvalue weighted by molar-refractivity contribution is 8.01. The molecule has 0 spiro atoms. The van der Waals surface area contributed by atoms with Crippen LogP contribution in [0.15, 0.2) is 39.8 Å². The number of tetrazole rings is 1. The van der Waals surface area contributed by atoms with Crippen molar-refractivity contribution in [2.45, 2.75) is 16.3 Å². The van der Waals surface area contributed by atoms with Crippen LogP contribution in [0.25, 0.3) is 0 Å². The number of nitrogens with zero attached hydrogens (tertiary/aromatic N) is 7. The van der Waals surface area contributed by atoms with E-state index in [1.165, 1.54) is 54.6 Å². The third-order valence-corrected chi connectivity index (χ3v) is 7.77. The SMILES string of the molecule is CO/N=C(\C(=O)NC1(OC)C(=O)N2C(C(=O)O)=C(CSc3nnnn3C)CS[C@@H]21)c1cccc(N)n1. The van der Waals surface area contributed by atoms with Gasteiger partial charge in [0, 0.05) is 25.7 Å². The number of amides is 2. The Hall–Kier alpha value is -3.70. The summed E-state index contributed by atoms with van der Waals surface area (Å²) in [5.74, 6) is -2.17. The number of fused-ring (bicyclic) bond motifs is 1. The number of nitrogen functional groups attached to an aromatic ring is 1. The van der Waals surface area contributed by atoms with Gasteiger partial charge in [-0.3, -0.25) is 14.5 Å². The number of carbonyl (C=O) groups is 3. The first kappa shape index (κ1) is 25.4. The van der Waals surface area contributed by atoms with Crippen molar-refractivity contribution in [2.75, 3.05) is 31.5 Å². The standard InChI is InChI=1S/C19H21N9O6S2/c1-27-18(23-25-26-27)36-8-9-7-35-17-19(33-2,16(32)28(17)13(9)15(30)31)22-14(29)12(24-34-3)10-5-4-6-11(20)21-10/h4-6,17H,7-8H2,1-3H3,(H2,20,21)(H,22,29)(H,30,31)/b24-12-/t17-,19?/m1/s1. The molecule has 2 aliphatic heterocycles. The topological polar surface area (TPSA) is 200 Å². The van der Waals surface area contributed by atoms with E-state index in [2.05, 4.69) is 31.0 Å². The molecule has 2 amide bonds. The molecule has 17 heteroatoms. The normalized spacial score (nSPS) is 21.6. The predicted octanol–water partition coefficient (Wildman–Crippen LogP) is -0.957. The number of carbonyl (C=O) groups excluding carboxylic acids is 2. The molecule has 4 heterocycles. The molecule has 0 saturated carbocycles. The number of nitrogens with one attached hydrogen (secondary N) is 1. The number of anilines is 1. The van der Waals surface area contributed by atoms with Gasteiger partial charge in [0.25, 0.3) is 17.5 Å². The number of aryl methyl sites for hydroxylation is 1. The molecule has 0 aromatic carbocycles. The molecule has 15 nitrogen and oxygen atoms in total. The van der Waals surface area contributed by atoms with E-state index in [0.717, 1.165) is 4.90 Å². The number of aliphatic carboxylic acids is 1. The second kappa shape index (κ2) is 10.1. The smallest absolute Gasteiger partial charge is 0.352 e. The van der Waals surface area contributed by atoms with Crippen LogP contribution in [-0.4, -0.2) is 95.5 Å². The first-order valence-corrected chi connectivity index (χ1v) is 12.2. The third-order valence-electron chi connectivity index (χ3n) is 5.30. The van der Waals surface area contributed by atoms with Gasteiger partial charge in [-0.1, -0.05) is 23.0 Å². The number of carboxylic acid groups (broad SMARTS) is 1. The zero-order chi connectivity index (χ0) is 26.0. The molecule has 2 aromatic rings. The van der Waals surface area contributed by atoms with Gasteiger partial charge in [0.05, 0.1) is 0 Å². The van der Waals surface area contributed by atoms with Gasteiger partial charge in [0.15, 0.2) is 5.71 Å². The molecule has 2 atom stereocenters. The summed E-state index contributed by atoms with van der Waals surface area (Å²) in [6, 6.07) is 4.61. The van der Waals surface area contributed by atoms with Crippen LogP contribution in [0.1, 0.15) is 5.69 Å². The van der Waals surface area contributed by atoms with Crippen LogP contribution in [0, 0.1) is 0 Å². The molecule has 4 N–H and O–H groups in total. The summed E-state index contributed by atoms with van der Waals surface area (Å²) in [5.41, 5.74) is 4.09. The van der Waals surface area contributed by atoms with E-state index in [1.54, 1.807) is 13.1 Å². The van der Waals surface area contributed by atoms with Crippen molar-refractivity contribution in [3.8, 4) is 0 Å². The van der Waals surface area contributed by atoms with Gasteiger partial charge in [-0.15, -0.1) is 16.9 Å². The van der Waals surface area contributed by atoms with Crippen molar-refractivity contribution in [1.82, 2.24) is 35.4 Å². The molecule has 2 aromatic heterocycles. The average molecular weight is 536 g/mol. The highest BCUT2D eigenvalue weighted by Crippen LogP contribution is 2.47. The molecular weight excluding hydrogens is 514 g/mol. The highest BCUT2D eigenvalue weighted by atomic mass is 32.2. The third kappa shape index (κ3) is 4.35. The Kier molecular flexibility index (Phi) is 7.14. The summed E-state index contributed by atoms with van der Waals surface area (Å²) in [5, 5.41) is 27.0. The minimum Gasteiger partial charge on any atom is -0.477 e. The lowest BCUT2D eigenvalue weighted by Gasteiger charge is -2.55. The fourth-order valence-corrected chi connectivity index (χ4v) is 6.08. The number of carboxylic acids is 1. The molecule has 0 aliphatic carbocycles. The number of oxime groups is 1. The van der Waals surface area contributed by atoms with E-state index < -0.39 is 28.9 Å². The Morgan fingerprint density at radius 3 is 2.81 bits per heavy atom. The lowest BCUT2D eigenvalue weighted by atomic mass is 9.98. The summed E-state index contributed by atoms with van der Waals surface area (Å²) in [6.45, 7) is 0. The maximum Gasteiger partial charge on any atom is 0.352 e. The fraction of sp³-hybridized carbons (Fsp3) is 0.368. The zero-order valence-corrected chi connectivity index (χ0v) is 20.9. The van der Waals surface area contributed by atoms with Crippen molar-refractivity contribution < 1.29 is 29.1 Å². The van der Waals surface area contributed by atoms with Crippen LogP contribution >= 0.6 is 23.5 Å². The molecule has 2 aliphatic rings. The number of hydrogen-bond acceptors (Lipinski definition) is 13. The Balaban J connectivity index is 1.59. The molecule has 36 heavy (non-hydrogen) atoms. The number of hydrogen-bond donors (Lipinski definition) is 3. The van der Waals surface area contributed by atoms with E-state index in [0.29, 0.717) is 10.7 Å². The number of ether oxygens (including phenoxy) is 1. The van der Waals surface area contributed by atoms with E-state index in [-0.39, 0.29) is 34.4 Å². The van der Waals surface area contributed by atoms with Crippen LogP contribution in [-0.2, 0) is 31.0 Å². The number of β-lactam (4-membered cyclic amide) rings is 1. The maximum atomic E-state index is 13.3. The summed E-state index contributed by atoms with van der Waals surface area (Å²) in [4.78, 5) is 48.6. The number of methoxy groups -OCH3 is 1. The Bertz CT molecular complexity index is 1280. The van der Waals surface area contributed by atoms with Crippen molar-refractivity contribution >= 4 is 52.8 Å². The quantitative estimate of drug-likeness (QED) is 0.117. The van der Waals surface area contributed by atoms with Crippen LogP contribution in [0.5, 0.6) is 0 Å². The number of aromatic nitrogens is 5. The minimum absolute atomic E-state index is 0.115. The second-order valence-corrected chi connectivity index (χ2v) is 9.44. The fourth-order valence-electron chi connectivity index (χ4n) is 3.66. The Morgan fingerprint density at radius 1 is 1.42 bits per heavy atom.